The van der Waals surface area contributed by atoms with E-state index in [1.807, 2.05) is 6.07 Å². The highest BCUT2D eigenvalue weighted by Crippen LogP contribution is 2.30. The lowest BCUT2D eigenvalue weighted by atomic mass is 9.99. The molecule has 2 N–H and O–H groups in total. The van der Waals surface area contributed by atoms with Crippen LogP contribution in [0.25, 0.3) is 22.2 Å². The molecule has 2 heterocycles. The quantitative estimate of drug-likeness (QED) is 0.590. The van der Waals surface area contributed by atoms with Crippen molar-refractivity contribution in [2.24, 2.45) is 7.05 Å². The summed E-state index contributed by atoms with van der Waals surface area (Å²) in [6.07, 6.45) is -0.00900. The van der Waals surface area contributed by atoms with E-state index < -0.39 is 29.6 Å². The Hall–Kier alpha value is -3.19. The van der Waals surface area contributed by atoms with Crippen molar-refractivity contribution < 1.29 is 18.3 Å². The van der Waals surface area contributed by atoms with Gasteiger partial charge in [-0.05, 0) is 48.4 Å². The SMILES string of the molecule is Cn1c(=O)oc2ccc(-c3cc(F)c(C[C@@H](C#N)NC(=O)[C@@H]4CNCCCO4)c(Cl)c3)cc21. The number of benzene rings is 2. The number of nitrogens with zero attached hydrogens (tertiary/aromatic N) is 2. The molecule has 1 aromatic heterocycles. The standard InChI is InChI=1S/C23H22ClFN4O4/c1-29-19-9-13(3-4-20(19)33-23(29)31)14-7-17(24)16(18(25)8-14)10-15(11-26)28-22(30)21-12-27-5-2-6-32-21/h3-4,7-9,15,21,27H,2,5-6,10,12H2,1H3,(H,28,30)/t15-,21-/m0/s1. The summed E-state index contributed by atoms with van der Waals surface area (Å²) in [4.78, 5) is 24.2. The minimum Gasteiger partial charge on any atom is -0.408 e. The molecule has 0 radical (unpaired) electrons. The minimum atomic E-state index is -0.973. The zero-order valence-corrected chi connectivity index (χ0v) is 18.6. The van der Waals surface area contributed by atoms with E-state index in [0.29, 0.717) is 35.4 Å². The van der Waals surface area contributed by atoms with Crippen LogP contribution in [0.2, 0.25) is 5.02 Å². The topological polar surface area (TPSA) is 109 Å². The maximum atomic E-state index is 15.0. The summed E-state index contributed by atoms with van der Waals surface area (Å²) < 4.78 is 27.0. The Labute approximate surface area is 193 Å². The lowest BCUT2D eigenvalue weighted by Gasteiger charge is -2.18. The Morgan fingerprint density at radius 2 is 2.21 bits per heavy atom. The molecular weight excluding hydrogens is 451 g/mol. The van der Waals surface area contributed by atoms with E-state index in [9.17, 15) is 14.9 Å². The third kappa shape index (κ3) is 4.93. The van der Waals surface area contributed by atoms with Gasteiger partial charge in [0.15, 0.2) is 5.58 Å². The van der Waals surface area contributed by atoms with E-state index in [1.165, 1.54) is 10.6 Å². The van der Waals surface area contributed by atoms with Crippen LogP contribution >= 0.6 is 11.6 Å². The largest absolute Gasteiger partial charge is 0.419 e. The molecule has 0 spiro atoms. The number of nitrogens with one attached hydrogen (secondary N) is 2. The van der Waals surface area contributed by atoms with Gasteiger partial charge in [-0.25, -0.2) is 9.18 Å². The van der Waals surface area contributed by atoms with Crippen LogP contribution in [-0.2, 0) is 23.0 Å². The molecule has 2 aromatic carbocycles. The first kappa shape index (κ1) is 23.0. The van der Waals surface area contributed by atoms with Crippen molar-refractivity contribution in [1.29, 1.82) is 5.26 Å². The number of hydrogen-bond donors (Lipinski definition) is 2. The summed E-state index contributed by atoms with van der Waals surface area (Å²) in [6, 6.07) is 8.97. The Bertz CT molecular complexity index is 1260. The predicted molar refractivity (Wildman–Crippen MR) is 120 cm³/mol. The Morgan fingerprint density at radius 3 is 2.97 bits per heavy atom. The van der Waals surface area contributed by atoms with Crippen molar-refractivity contribution >= 4 is 28.6 Å². The number of oxazole rings is 1. The molecule has 1 aliphatic rings. The van der Waals surface area contributed by atoms with Gasteiger partial charge in [-0.1, -0.05) is 17.7 Å². The van der Waals surface area contributed by atoms with Crippen LogP contribution in [-0.4, -0.2) is 42.3 Å². The van der Waals surface area contributed by atoms with Gasteiger partial charge in [0, 0.05) is 37.2 Å². The van der Waals surface area contributed by atoms with Gasteiger partial charge in [0.1, 0.15) is 18.0 Å². The van der Waals surface area contributed by atoms with Crippen LogP contribution in [0.4, 0.5) is 4.39 Å². The zero-order valence-electron chi connectivity index (χ0n) is 17.9. The lowest BCUT2D eigenvalue weighted by molar-refractivity contribution is -0.132. The number of carbonyl (C=O) groups is 1. The van der Waals surface area contributed by atoms with Gasteiger partial charge >= 0.3 is 5.76 Å². The molecular formula is C23H22ClFN4O4. The fraction of sp³-hybridized carbons (Fsp3) is 0.348. The van der Waals surface area contributed by atoms with Gasteiger partial charge in [-0.2, -0.15) is 5.26 Å². The van der Waals surface area contributed by atoms with Crippen LogP contribution in [0, 0.1) is 17.1 Å². The molecule has 1 fully saturated rings. The van der Waals surface area contributed by atoms with Crippen LogP contribution in [0.15, 0.2) is 39.5 Å². The summed E-state index contributed by atoms with van der Waals surface area (Å²) in [6.45, 7) is 1.55. The number of aromatic nitrogens is 1. The minimum absolute atomic E-state index is 0.0946. The fourth-order valence-electron chi connectivity index (χ4n) is 3.75. The Balaban J connectivity index is 1.54. The molecule has 172 valence electrons. The summed E-state index contributed by atoms with van der Waals surface area (Å²) in [5, 5.41) is 15.4. The number of halogens is 2. The second-order valence-corrected chi connectivity index (χ2v) is 8.25. The molecule has 1 saturated heterocycles. The first-order chi connectivity index (χ1) is 15.9. The van der Waals surface area contributed by atoms with Gasteiger partial charge in [-0.15, -0.1) is 0 Å². The first-order valence-electron chi connectivity index (χ1n) is 10.5. The molecule has 3 aromatic rings. The van der Waals surface area contributed by atoms with Crippen molar-refractivity contribution in [3.8, 4) is 17.2 Å². The normalized spacial score (nSPS) is 17.3. The molecule has 0 bridgehead atoms. The number of hydrogen-bond acceptors (Lipinski definition) is 6. The lowest BCUT2D eigenvalue weighted by Crippen LogP contribution is -2.46. The molecule has 2 atom stereocenters. The van der Waals surface area contributed by atoms with E-state index >= 15 is 4.39 Å². The maximum absolute atomic E-state index is 15.0. The van der Waals surface area contributed by atoms with E-state index in [2.05, 4.69) is 10.6 Å². The van der Waals surface area contributed by atoms with Gasteiger partial charge in [-0.3, -0.25) is 9.36 Å². The van der Waals surface area contributed by atoms with Crippen molar-refractivity contribution in [2.75, 3.05) is 19.7 Å². The molecule has 0 aliphatic carbocycles. The van der Waals surface area contributed by atoms with Crippen molar-refractivity contribution in [3.63, 3.8) is 0 Å². The van der Waals surface area contributed by atoms with E-state index in [-0.39, 0.29) is 17.0 Å². The third-order valence-corrected chi connectivity index (χ3v) is 5.92. The maximum Gasteiger partial charge on any atom is 0.419 e. The monoisotopic (exact) mass is 472 g/mol. The molecule has 1 amide bonds. The van der Waals surface area contributed by atoms with Crippen LogP contribution in [0.1, 0.15) is 12.0 Å². The fourth-order valence-corrected chi connectivity index (χ4v) is 4.04. The summed E-state index contributed by atoms with van der Waals surface area (Å²) in [5.41, 5.74) is 2.28. The number of ether oxygens (including phenoxy) is 1. The second-order valence-electron chi connectivity index (χ2n) is 7.84. The van der Waals surface area contributed by atoms with Gasteiger partial charge < -0.3 is 19.8 Å². The number of nitriles is 1. The van der Waals surface area contributed by atoms with E-state index in [0.717, 1.165) is 13.0 Å². The number of aryl methyl sites for hydroxylation is 1. The highest BCUT2D eigenvalue weighted by Gasteiger charge is 2.25. The molecule has 10 heteroatoms. The average Bonchev–Trinajstić information content (AvgIpc) is 2.98. The third-order valence-electron chi connectivity index (χ3n) is 5.59. The van der Waals surface area contributed by atoms with E-state index in [4.69, 9.17) is 20.8 Å². The number of rotatable bonds is 5. The Kier molecular flexibility index (Phi) is 6.79. The van der Waals surface area contributed by atoms with E-state index in [1.54, 1.807) is 31.3 Å². The van der Waals surface area contributed by atoms with Crippen molar-refractivity contribution in [2.45, 2.75) is 25.0 Å². The second kappa shape index (κ2) is 9.75. The average molecular weight is 473 g/mol. The number of fused-ring (bicyclic) bond motifs is 1. The first-order valence-corrected chi connectivity index (χ1v) is 10.9. The smallest absolute Gasteiger partial charge is 0.408 e. The van der Waals surface area contributed by atoms with Gasteiger partial charge in [0.2, 0.25) is 0 Å². The van der Waals surface area contributed by atoms with Crippen LogP contribution < -0.4 is 16.4 Å². The molecule has 8 nitrogen and oxygen atoms in total. The number of amides is 1. The number of carbonyl (C=O) groups excluding carboxylic acids is 1. The van der Waals surface area contributed by atoms with Crippen LogP contribution in [0.5, 0.6) is 0 Å². The highest BCUT2D eigenvalue weighted by molar-refractivity contribution is 6.31. The van der Waals surface area contributed by atoms with Crippen molar-refractivity contribution in [1.82, 2.24) is 15.2 Å². The molecule has 0 unspecified atom stereocenters. The molecule has 0 saturated carbocycles. The predicted octanol–water partition coefficient (Wildman–Crippen LogP) is 2.52. The zero-order chi connectivity index (χ0) is 23.5. The van der Waals surface area contributed by atoms with Gasteiger partial charge in [0.25, 0.3) is 5.91 Å². The molecule has 4 rings (SSSR count). The van der Waals surface area contributed by atoms with Crippen LogP contribution in [0.3, 0.4) is 0 Å². The van der Waals surface area contributed by atoms with Gasteiger partial charge in [0.05, 0.1) is 11.6 Å². The summed E-state index contributed by atoms with van der Waals surface area (Å²) in [5.74, 6) is -1.51. The highest BCUT2D eigenvalue weighted by atomic mass is 35.5. The Morgan fingerprint density at radius 1 is 1.39 bits per heavy atom. The van der Waals surface area contributed by atoms with Crippen molar-refractivity contribution in [3.05, 3.63) is 57.3 Å². The molecule has 1 aliphatic heterocycles. The molecule has 33 heavy (non-hydrogen) atoms. The summed E-state index contributed by atoms with van der Waals surface area (Å²) >= 11 is 6.38. The summed E-state index contributed by atoms with van der Waals surface area (Å²) in [7, 11) is 1.58.